The highest BCUT2D eigenvalue weighted by atomic mass is 32.1. The number of urea groups is 1. The second-order valence-corrected chi connectivity index (χ2v) is 7.33. The Balaban J connectivity index is 1.76. The lowest BCUT2D eigenvalue weighted by Gasteiger charge is -2.12. The van der Waals surface area contributed by atoms with Crippen molar-refractivity contribution >= 4 is 39.1 Å². The van der Waals surface area contributed by atoms with Crippen molar-refractivity contribution in [3.63, 3.8) is 0 Å². The molecule has 1 aromatic heterocycles. The molecule has 146 valence electrons. The van der Waals surface area contributed by atoms with Gasteiger partial charge in [-0.25, -0.2) is 9.59 Å². The molecule has 2 N–H and O–H groups in total. The normalized spacial score (nSPS) is 16.3. The molecule has 1 unspecified atom stereocenters. The molecule has 2 amide bonds. The van der Waals surface area contributed by atoms with Crippen LogP contribution in [0, 0.1) is 0 Å². The number of amides is 2. The Labute approximate surface area is 162 Å². The maximum atomic E-state index is 12.1. The van der Waals surface area contributed by atoms with Crippen LogP contribution in [0.25, 0.3) is 10.1 Å². The first-order valence-electron chi connectivity index (χ1n) is 9.06. The number of methoxy groups -OCH3 is 1. The van der Waals surface area contributed by atoms with Gasteiger partial charge in [-0.2, -0.15) is 0 Å². The minimum Gasteiger partial charge on any atom is -0.491 e. The Kier molecular flexibility index (Phi) is 6.52. The van der Waals surface area contributed by atoms with Crippen molar-refractivity contribution in [1.82, 2.24) is 5.32 Å². The van der Waals surface area contributed by atoms with Gasteiger partial charge in [-0.3, -0.25) is 0 Å². The van der Waals surface area contributed by atoms with Gasteiger partial charge >= 0.3 is 12.0 Å². The monoisotopic (exact) mass is 392 g/mol. The average Bonchev–Trinajstić information content (AvgIpc) is 3.31. The fraction of sp³-hybridized carbons (Fsp3) is 0.474. The van der Waals surface area contributed by atoms with E-state index in [2.05, 4.69) is 10.6 Å². The van der Waals surface area contributed by atoms with Crippen LogP contribution in [0.15, 0.2) is 18.2 Å². The third kappa shape index (κ3) is 4.70. The molecule has 1 aliphatic heterocycles. The average molecular weight is 392 g/mol. The number of fused-ring (bicyclic) bond motifs is 1. The van der Waals surface area contributed by atoms with Gasteiger partial charge in [0.1, 0.15) is 0 Å². The fourth-order valence-electron chi connectivity index (χ4n) is 2.91. The number of benzene rings is 1. The number of carbonyl (C=O) groups is 2. The lowest BCUT2D eigenvalue weighted by molar-refractivity contribution is 0.0602. The Hall–Kier alpha value is -2.32. The summed E-state index contributed by atoms with van der Waals surface area (Å²) in [5, 5.41) is 6.43. The van der Waals surface area contributed by atoms with Gasteiger partial charge in [0, 0.05) is 28.9 Å². The lowest BCUT2D eigenvalue weighted by atomic mass is 10.2. The van der Waals surface area contributed by atoms with Crippen molar-refractivity contribution in [1.29, 1.82) is 0 Å². The van der Waals surface area contributed by atoms with Gasteiger partial charge in [-0.1, -0.05) is 6.92 Å². The van der Waals surface area contributed by atoms with Crippen molar-refractivity contribution in [3.05, 3.63) is 23.1 Å². The summed E-state index contributed by atoms with van der Waals surface area (Å²) in [5.41, 5.74) is 0.628. The number of anilines is 1. The standard InChI is InChI=1S/C19H24N2O5S/c1-3-8-26-16-14-10-12(6-7-15(14)27-17(16)18(22)24-2)21-19(23)20-11-13-5-4-9-25-13/h6-7,10,13H,3-5,8-9,11H2,1-2H3,(H2,20,21,23). The van der Waals surface area contributed by atoms with Gasteiger partial charge in [0.05, 0.1) is 19.8 Å². The minimum absolute atomic E-state index is 0.0896. The Morgan fingerprint density at radius 3 is 2.93 bits per heavy atom. The van der Waals surface area contributed by atoms with Crippen molar-refractivity contribution in [2.24, 2.45) is 0 Å². The smallest absolute Gasteiger partial charge is 0.351 e. The number of carbonyl (C=O) groups excluding carboxylic acids is 2. The number of rotatable bonds is 7. The third-order valence-corrected chi connectivity index (χ3v) is 5.37. The van der Waals surface area contributed by atoms with E-state index in [1.54, 1.807) is 6.07 Å². The molecule has 7 nitrogen and oxygen atoms in total. The second kappa shape index (κ2) is 9.05. The zero-order chi connectivity index (χ0) is 19.2. The number of esters is 1. The Morgan fingerprint density at radius 1 is 1.37 bits per heavy atom. The lowest BCUT2D eigenvalue weighted by Crippen LogP contribution is -2.34. The number of ether oxygens (including phenoxy) is 3. The second-order valence-electron chi connectivity index (χ2n) is 6.28. The minimum atomic E-state index is -0.425. The van der Waals surface area contributed by atoms with Crippen LogP contribution in [0.4, 0.5) is 10.5 Å². The zero-order valence-corrected chi connectivity index (χ0v) is 16.3. The Morgan fingerprint density at radius 2 is 2.22 bits per heavy atom. The van der Waals surface area contributed by atoms with Crippen LogP contribution < -0.4 is 15.4 Å². The molecule has 3 rings (SSSR count). The van der Waals surface area contributed by atoms with Gasteiger partial charge in [0.25, 0.3) is 0 Å². The van der Waals surface area contributed by atoms with Gasteiger partial charge in [-0.05, 0) is 37.5 Å². The van der Waals surface area contributed by atoms with Gasteiger partial charge < -0.3 is 24.8 Å². The van der Waals surface area contributed by atoms with E-state index in [1.165, 1.54) is 18.4 Å². The first kappa shape index (κ1) is 19.4. The maximum Gasteiger partial charge on any atom is 0.351 e. The molecule has 0 spiro atoms. The molecule has 0 radical (unpaired) electrons. The highest BCUT2D eigenvalue weighted by molar-refractivity contribution is 7.21. The summed E-state index contributed by atoms with van der Waals surface area (Å²) >= 11 is 1.32. The van der Waals surface area contributed by atoms with Crippen LogP contribution in [-0.2, 0) is 9.47 Å². The summed E-state index contributed by atoms with van der Waals surface area (Å²) in [7, 11) is 1.35. The first-order valence-corrected chi connectivity index (χ1v) is 9.88. The zero-order valence-electron chi connectivity index (χ0n) is 15.5. The van der Waals surface area contributed by atoms with Crippen LogP contribution in [0.2, 0.25) is 0 Å². The van der Waals surface area contributed by atoms with Crippen molar-refractivity contribution in [2.45, 2.75) is 32.3 Å². The quantitative estimate of drug-likeness (QED) is 0.701. The summed E-state index contributed by atoms with van der Waals surface area (Å²) in [6, 6.07) is 5.19. The van der Waals surface area contributed by atoms with Gasteiger partial charge in [0.15, 0.2) is 10.6 Å². The Bertz CT molecular complexity index is 814. The van der Waals surface area contributed by atoms with Crippen molar-refractivity contribution in [2.75, 3.05) is 32.2 Å². The van der Waals surface area contributed by atoms with E-state index >= 15 is 0 Å². The molecule has 2 aromatic rings. The van der Waals surface area contributed by atoms with E-state index in [1.807, 2.05) is 19.1 Å². The molecule has 1 aliphatic rings. The highest BCUT2D eigenvalue weighted by Gasteiger charge is 2.21. The van der Waals surface area contributed by atoms with Crippen LogP contribution in [0.5, 0.6) is 5.75 Å². The van der Waals surface area contributed by atoms with Crippen LogP contribution >= 0.6 is 11.3 Å². The molecule has 1 aromatic carbocycles. The molecule has 2 heterocycles. The van der Waals surface area contributed by atoms with Crippen molar-refractivity contribution < 1.29 is 23.8 Å². The van der Waals surface area contributed by atoms with E-state index < -0.39 is 5.97 Å². The molecule has 0 saturated carbocycles. The predicted molar refractivity (Wildman–Crippen MR) is 105 cm³/mol. The molecule has 0 bridgehead atoms. The summed E-state index contributed by atoms with van der Waals surface area (Å²) in [5.74, 6) is 0.0817. The van der Waals surface area contributed by atoms with Gasteiger partial charge in [-0.15, -0.1) is 11.3 Å². The largest absolute Gasteiger partial charge is 0.491 e. The summed E-state index contributed by atoms with van der Waals surface area (Å²) in [6.07, 6.45) is 2.91. The number of thiophene rings is 1. The molecular weight excluding hydrogens is 368 g/mol. The van der Waals surface area contributed by atoms with E-state index in [0.29, 0.717) is 29.5 Å². The van der Waals surface area contributed by atoms with E-state index in [-0.39, 0.29) is 12.1 Å². The molecule has 8 heteroatoms. The van der Waals surface area contributed by atoms with Crippen LogP contribution in [0.1, 0.15) is 35.9 Å². The molecule has 1 saturated heterocycles. The maximum absolute atomic E-state index is 12.1. The van der Waals surface area contributed by atoms with E-state index in [9.17, 15) is 9.59 Å². The third-order valence-electron chi connectivity index (χ3n) is 4.24. The van der Waals surface area contributed by atoms with Crippen LogP contribution in [0.3, 0.4) is 0 Å². The first-order chi connectivity index (χ1) is 13.1. The molecule has 0 aliphatic carbocycles. The SMILES string of the molecule is CCCOc1c(C(=O)OC)sc2ccc(NC(=O)NCC3CCCO3)cc12. The number of hydrogen-bond acceptors (Lipinski definition) is 6. The topological polar surface area (TPSA) is 85.9 Å². The molecule has 1 atom stereocenters. The van der Waals surface area contributed by atoms with E-state index in [0.717, 1.165) is 36.0 Å². The summed E-state index contributed by atoms with van der Waals surface area (Å²) in [4.78, 5) is 24.6. The summed E-state index contributed by atoms with van der Waals surface area (Å²) in [6.45, 7) is 3.74. The van der Waals surface area contributed by atoms with Crippen molar-refractivity contribution in [3.8, 4) is 5.75 Å². The van der Waals surface area contributed by atoms with E-state index in [4.69, 9.17) is 14.2 Å². The molecule has 27 heavy (non-hydrogen) atoms. The van der Waals surface area contributed by atoms with Crippen LogP contribution in [-0.4, -0.2) is 45.0 Å². The molecule has 1 fully saturated rings. The number of nitrogens with one attached hydrogen (secondary N) is 2. The predicted octanol–water partition coefficient (Wildman–Crippen LogP) is 3.78. The number of hydrogen-bond donors (Lipinski definition) is 2. The highest BCUT2D eigenvalue weighted by Crippen LogP contribution is 2.39. The van der Waals surface area contributed by atoms with Gasteiger partial charge in [0.2, 0.25) is 0 Å². The molecular formula is C19H24N2O5S. The summed E-state index contributed by atoms with van der Waals surface area (Å²) < 4.78 is 17.1. The fourth-order valence-corrected chi connectivity index (χ4v) is 3.96.